The highest BCUT2D eigenvalue weighted by Gasteiger charge is 2.37. The van der Waals surface area contributed by atoms with E-state index in [1.165, 1.54) is 28.2 Å². The van der Waals surface area contributed by atoms with Crippen molar-refractivity contribution in [2.75, 3.05) is 25.6 Å². The molecule has 2 rings (SSSR count). The molecule has 1 heterocycles. The van der Waals surface area contributed by atoms with Crippen molar-refractivity contribution in [3.8, 4) is 0 Å². The summed E-state index contributed by atoms with van der Waals surface area (Å²) in [5, 5.41) is 13.8. The van der Waals surface area contributed by atoms with Gasteiger partial charge in [-0.1, -0.05) is 12.1 Å². The van der Waals surface area contributed by atoms with Crippen molar-refractivity contribution >= 4 is 21.4 Å². The maximum Gasteiger partial charge on any atom is 0.282 e. The lowest BCUT2D eigenvalue weighted by Gasteiger charge is -2.33. The molecule has 1 aromatic rings. The average Bonchev–Trinajstić information content (AvgIpc) is 2.78. The van der Waals surface area contributed by atoms with Crippen LogP contribution in [0.4, 0.5) is 5.69 Å². The van der Waals surface area contributed by atoms with Crippen LogP contribution in [-0.4, -0.2) is 60.9 Å². The zero-order valence-corrected chi connectivity index (χ0v) is 13.1. The molecule has 9 heteroatoms. The first-order valence-electron chi connectivity index (χ1n) is 6.67. The fourth-order valence-corrected chi connectivity index (χ4v) is 4.27. The van der Waals surface area contributed by atoms with E-state index in [0.29, 0.717) is 6.42 Å². The molecule has 0 unspecified atom stereocenters. The molecule has 1 fully saturated rings. The van der Waals surface area contributed by atoms with E-state index in [4.69, 9.17) is 0 Å². The number of benzene rings is 1. The standard InChI is InChI=1S/C13H17N3O5S/c1-14(2)15(10-7-8-22(20,21)9-10)13(17)11-5-3-4-6-12(11)16(18)19/h3-6,10H,7-9H2,1-2H3/t10-/m1/s1. The minimum absolute atomic E-state index is 0.0200. The summed E-state index contributed by atoms with van der Waals surface area (Å²) >= 11 is 0. The Kier molecular flexibility index (Phi) is 4.47. The van der Waals surface area contributed by atoms with E-state index in [9.17, 15) is 23.3 Å². The fraction of sp³-hybridized carbons (Fsp3) is 0.462. The average molecular weight is 327 g/mol. The Bertz CT molecular complexity index is 701. The van der Waals surface area contributed by atoms with E-state index in [1.54, 1.807) is 20.2 Å². The SMILES string of the molecule is CN(C)N(C(=O)c1ccccc1[N+](=O)[O-])[C@@H]1CCS(=O)(=O)C1. The molecule has 1 aliphatic heterocycles. The minimum atomic E-state index is -3.17. The zero-order valence-electron chi connectivity index (χ0n) is 12.3. The number of nitro groups is 1. The Morgan fingerprint density at radius 3 is 2.45 bits per heavy atom. The predicted octanol–water partition coefficient (Wildman–Crippen LogP) is 0.701. The third-order valence-electron chi connectivity index (χ3n) is 3.52. The third kappa shape index (κ3) is 3.25. The van der Waals surface area contributed by atoms with E-state index in [0.717, 1.165) is 0 Å². The van der Waals surface area contributed by atoms with Gasteiger partial charge in [0.25, 0.3) is 11.6 Å². The molecule has 8 nitrogen and oxygen atoms in total. The molecular weight excluding hydrogens is 310 g/mol. The molecule has 1 atom stereocenters. The molecule has 22 heavy (non-hydrogen) atoms. The van der Waals surface area contributed by atoms with Crippen LogP contribution in [0.15, 0.2) is 24.3 Å². The summed E-state index contributed by atoms with van der Waals surface area (Å²) in [5.74, 6) is -0.677. The van der Waals surface area contributed by atoms with Gasteiger partial charge >= 0.3 is 0 Å². The van der Waals surface area contributed by atoms with Gasteiger partial charge in [0.2, 0.25) is 0 Å². The van der Waals surface area contributed by atoms with Gasteiger partial charge in [-0.3, -0.25) is 19.9 Å². The maximum atomic E-state index is 12.7. The molecule has 1 aromatic carbocycles. The fourth-order valence-electron chi connectivity index (χ4n) is 2.58. The van der Waals surface area contributed by atoms with Gasteiger partial charge in [-0.05, 0) is 12.5 Å². The molecular formula is C13H17N3O5S. The van der Waals surface area contributed by atoms with Gasteiger partial charge in [0, 0.05) is 20.2 Å². The first-order valence-corrected chi connectivity index (χ1v) is 8.50. The van der Waals surface area contributed by atoms with E-state index >= 15 is 0 Å². The number of rotatable bonds is 4. The Labute approximate surface area is 128 Å². The van der Waals surface area contributed by atoms with Crippen molar-refractivity contribution in [2.45, 2.75) is 12.5 Å². The van der Waals surface area contributed by atoms with Crippen molar-refractivity contribution in [3.05, 3.63) is 39.9 Å². The van der Waals surface area contributed by atoms with Crippen molar-refractivity contribution in [1.29, 1.82) is 0 Å². The van der Waals surface area contributed by atoms with E-state index in [2.05, 4.69) is 0 Å². The number of para-hydroxylation sites is 1. The topological polar surface area (TPSA) is 101 Å². The number of sulfone groups is 1. The van der Waals surface area contributed by atoms with Gasteiger partial charge in [-0.15, -0.1) is 0 Å². The van der Waals surface area contributed by atoms with Crippen molar-refractivity contribution < 1.29 is 18.1 Å². The van der Waals surface area contributed by atoms with E-state index < -0.39 is 26.7 Å². The summed E-state index contributed by atoms with van der Waals surface area (Å²) in [6, 6.07) is 5.15. The van der Waals surface area contributed by atoms with Gasteiger partial charge in [0.15, 0.2) is 9.84 Å². The summed E-state index contributed by atoms with van der Waals surface area (Å²) in [6.45, 7) is 0. The summed E-state index contributed by atoms with van der Waals surface area (Å²) in [4.78, 5) is 23.1. The quantitative estimate of drug-likeness (QED) is 0.596. The summed E-state index contributed by atoms with van der Waals surface area (Å²) in [6.07, 6.45) is 0.326. The Balaban J connectivity index is 2.38. The minimum Gasteiger partial charge on any atom is -0.267 e. The number of hydrazine groups is 1. The molecule has 1 aliphatic rings. The normalized spacial score (nSPS) is 20.0. The number of nitro benzene ring substituents is 1. The van der Waals surface area contributed by atoms with Crippen LogP contribution in [0.5, 0.6) is 0 Å². The molecule has 0 spiro atoms. The number of carbonyl (C=O) groups is 1. The first-order chi connectivity index (χ1) is 10.2. The van der Waals surface area contributed by atoms with Gasteiger partial charge in [-0.25, -0.2) is 13.4 Å². The van der Waals surface area contributed by atoms with E-state index in [-0.39, 0.29) is 22.8 Å². The van der Waals surface area contributed by atoms with Crippen LogP contribution >= 0.6 is 0 Å². The Morgan fingerprint density at radius 1 is 1.32 bits per heavy atom. The maximum absolute atomic E-state index is 12.7. The highest BCUT2D eigenvalue weighted by atomic mass is 32.2. The number of amides is 1. The molecule has 0 saturated carbocycles. The van der Waals surface area contributed by atoms with Crippen LogP contribution in [0.25, 0.3) is 0 Å². The number of hydrogen-bond acceptors (Lipinski definition) is 6. The second-order valence-corrected chi connectivity index (χ2v) is 7.56. The predicted molar refractivity (Wildman–Crippen MR) is 80.0 cm³/mol. The van der Waals surface area contributed by atoms with Crippen LogP contribution in [-0.2, 0) is 9.84 Å². The summed E-state index contributed by atoms with van der Waals surface area (Å²) in [5.41, 5.74) is -0.342. The van der Waals surface area contributed by atoms with Gasteiger partial charge in [-0.2, -0.15) is 0 Å². The lowest BCUT2D eigenvalue weighted by atomic mass is 10.1. The number of nitrogens with zero attached hydrogens (tertiary/aromatic N) is 3. The Morgan fingerprint density at radius 2 is 1.95 bits per heavy atom. The van der Waals surface area contributed by atoms with Gasteiger partial charge in [0.05, 0.1) is 22.5 Å². The highest BCUT2D eigenvalue weighted by Crippen LogP contribution is 2.24. The highest BCUT2D eigenvalue weighted by molar-refractivity contribution is 7.91. The van der Waals surface area contributed by atoms with Gasteiger partial charge < -0.3 is 0 Å². The number of hydrogen-bond donors (Lipinski definition) is 0. The van der Waals surface area contributed by atoms with Crippen LogP contribution in [0.2, 0.25) is 0 Å². The van der Waals surface area contributed by atoms with Crippen molar-refractivity contribution in [3.63, 3.8) is 0 Å². The van der Waals surface area contributed by atoms with Crippen LogP contribution in [0, 0.1) is 10.1 Å². The summed E-state index contributed by atoms with van der Waals surface area (Å²) < 4.78 is 23.3. The zero-order chi connectivity index (χ0) is 16.5. The molecule has 0 radical (unpaired) electrons. The van der Waals surface area contributed by atoms with Crippen molar-refractivity contribution in [2.24, 2.45) is 0 Å². The molecule has 0 aromatic heterocycles. The largest absolute Gasteiger partial charge is 0.282 e. The van der Waals surface area contributed by atoms with Crippen LogP contribution in [0.3, 0.4) is 0 Å². The summed E-state index contributed by atoms with van der Waals surface area (Å²) in [7, 11) is 0.0469. The number of carbonyl (C=O) groups excluding carboxylic acids is 1. The molecule has 1 saturated heterocycles. The first kappa shape index (κ1) is 16.4. The van der Waals surface area contributed by atoms with Gasteiger partial charge in [0.1, 0.15) is 5.56 Å². The monoisotopic (exact) mass is 327 g/mol. The van der Waals surface area contributed by atoms with Crippen molar-refractivity contribution in [1.82, 2.24) is 10.0 Å². The van der Waals surface area contributed by atoms with E-state index in [1.807, 2.05) is 0 Å². The molecule has 120 valence electrons. The lowest BCUT2D eigenvalue weighted by molar-refractivity contribution is -0.385. The second-order valence-electron chi connectivity index (χ2n) is 5.33. The van der Waals surface area contributed by atoms with Crippen LogP contribution < -0.4 is 0 Å². The molecule has 0 aliphatic carbocycles. The smallest absolute Gasteiger partial charge is 0.267 e. The Hall–Kier alpha value is -2.00. The molecule has 1 amide bonds. The lowest BCUT2D eigenvalue weighted by Crippen LogP contribution is -2.49. The van der Waals surface area contributed by atoms with Crippen LogP contribution in [0.1, 0.15) is 16.8 Å². The molecule has 0 N–H and O–H groups in total. The molecule has 0 bridgehead atoms. The third-order valence-corrected chi connectivity index (χ3v) is 5.27. The second kappa shape index (κ2) is 6.01.